The third kappa shape index (κ3) is 3.24. The van der Waals surface area contributed by atoms with E-state index in [4.69, 9.17) is 4.74 Å². The zero-order valence-corrected chi connectivity index (χ0v) is 15.9. The summed E-state index contributed by atoms with van der Waals surface area (Å²) < 4.78 is 17.3. The van der Waals surface area contributed by atoms with E-state index < -0.39 is 10.8 Å². The second-order valence-electron chi connectivity index (χ2n) is 7.34. The van der Waals surface area contributed by atoms with E-state index in [-0.39, 0.29) is 0 Å². The maximum absolute atomic E-state index is 5.74. The fourth-order valence-electron chi connectivity index (χ4n) is 4.70. The quantitative estimate of drug-likeness (QED) is 0.816. The number of nitrogens with zero attached hydrogens (tertiary/aromatic N) is 4. The summed E-state index contributed by atoms with van der Waals surface area (Å²) in [5.74, 6) is 0. The summed E-state index contributed by atoms with van der Waals surface area (Å²) in [5, 5.41) is 3.57. The van der Waals surface area contributed by atoms with Crippen molar-refractivity contribution >= 4 is 10.8 Å². The van der Waals surface area contributed by atoms with Gasteiger partial charge in [-0.2, -0.15) is 0 Å². The molecular formula is C17H35N5OS. The number of piperazine rings is 1. The Morgan fingerprint density at radius 3 is 1.58 bits per heavy atom. The average Bonchev–Trinajstić information content (AvgIpc) is 3.20. The average molecular weight is 358 g/mol. The van der Waals surface area contributed by atoms with Crippen LogP contribution in [0.2, 0.25) is 0 Å². The van der Waals surface area contributed by atoms with E-state index in [0.717, 1.165) is 39.4 Å². The van der Waals surface area contributed by atoms with Crippen molar-refractivity contribution in [1.29, 1.82) is 0 Å². The van der Waals surface area contributed by atoms with E-state index in [1.807, 2.05) is 0 Å². The molecule has 4 fully saturated rings. The summed E-state index contributed by atoms with van der Waals surface area (Å²) in [6.45, 7) is 13.8. The predicted octanol–water partition coefficient (Wildman–Crippen LogP) is 1.27. The molecule has 0 aromatic heterocycles. The number of hydrogen-bond acceptors (Lipinski definition) is 6. The van der Waals surface area contributed by atoms with Gasteiger partial charge < -0.3 is 10.1 Å². The zero-order chi connectivity index (χ0) is 16.2. The normalized spacial score (nSPS) is 33.3. The van der Waals surface area contributed by atoms with Crippen LogP contribution in [0.15, 0.2) is 0 Å². The van der Waals surface area contributed by atoms with E-state index >= 15 is 0 Å². The predicted molar refractivity (Wildman–Crippen MR) is 101 cm³/mol. The van der Waals surface area contributed by atoms with E-state index in [1.54, 1.807) is 0 Å². The van der Waals surface area contributed by atoms with Gasteiger partial charge in [-0.1, -0.05) is 6.42 Å². The Hall–Kier alpha value is 0.110. The number of hydrogen-bond donors (Lipinski definition) is 1. The van der Waals surface area contributed by atoms with Gasteiger partial charge in [0, 0.05) is 65.4 Å². The SMILES string of the molecule is C1CCN(S(N2CCCC2)(N2CCNCC2)N2CCOCC2)CC1. The van der Waals surface area contributed by atoms with Crippen molar-refractivity contribution in [3.63, 3.8) is 0 Å². The second-order valence-corrected chi connectivity index (χ2v) is 10.4. The first-order chi connectivity index (χ1) is 11.9. The van der Waals surface area contributed by atoms with Gasteiger partial charge in [0.15, 0.2) is 0 Å². The van der Waals surface area contributed by atoms with Crippen LogP contribution < -0.4 is 5.32 Å². The molecule has 24 heavy (non-hydrogen) atoms. The fraction of sp³-hybridized carbons (Fsp3) is 1.00. The van der Waals surface area contributed by atoms with Crippen molar-refractivity contribution in [2.24, 2.45) is 0 Å². The Morgan fingerprint density at radius 2 is 1.00 bits per heavy atom. The maximum atomic E-state index is 5.74. The van der Waals surface area contributed by atoms with Gasteiger partial charge in [0.2, 0.25) is 0 Å². The van der Waals surface area contributed by atoms with E-state index in [9.17, 15) is 0 Å². The fourth-order valence-corrected chi connectivity index (χ4v) is 9.47. The highest BCUT2D eigenvalue weighted by Gasteiger charge is 2.48. The molecule has 0 amide bonds. The van der Waals surface area contributed by atoms with Crippen LogP contribution in [0.5, 0.6) is 0 Å². The molecule has 0 aromatic rings. The molecule has 0 radical (unpaired) electrons. The van der Waals surface area contributed by atoms with Crippen molar-refractivity contribution in [1.82, 2.24) is 22.5 Å². The number of nitrogens with one attached hydrogen (secondary N) is 1. The summed E-state index contributed by atoms with van der Waals surface area (Å²) in [4.78, 5) is 0. The van der Waals surface area contributed by atoms with Gasteiger partial charge in [-0.05, 0) is 36.5 Å². The van der Waals surface area contributed by atoms with Crippen LogP contribution in [0, 0.1) is 0 Å². The topological polar surface area (TPSA) is 34.2 Å². The highest BCUT2D eigenvalue weighted by Crippen LogP contribution is 2.62. The lowest BCUT2D eigenvalue weighted by Gasteiger charge is -2.65. The molecule has 4 rings (SSSR count). The first-order valence-corrected chi connectivity index (χ1v) is 11.5. The van der Waals surface area contributed by atoms with Gasteiger partial charge in [-0.25, -0.2) is 17.2 Å². The molecule has 6 nitrogen and oxygen atoms in total. The Morgan fingerprint density at radius 1 is 0.542 bits per heavy atom. The van der Waals surface area contributed by atoms with Crippen molar-refractivity contribution < 1.29 is 4.74 Å². The molecule has 4 heterocycles. The molecule has 4 aliphatic rings. The molecule has 140 valence electrons. The molecule has 0 saturated carbocycles. The molecule has 0 spiro atoms. The zero-order valence-electron chi connectivity index (χ0n) is 15.1. The second kappa shape index (κ2) is 8.20. The Bertz CT molecular complexity index is 343. The van der Waals surface area contributed by atoms with Gasteiger partial charge in [0.25, 0.3) is 0 Å². The van der Waals surface area contributed by atoms with E-state index in [2.05, 4.69) is 22.5 Å². The minimum absolute atomic E-state index is 0.905. The standard InChI is InChI=1S/C17H35N5OS/c1-2-8-19(9-3-1)24(20-10-4-5-11-20,21-12-6-18-7-13-21)22-14-16-23-17-15-22/h18H,1-17H2. The number of piperidine rings is 1. The van der Waals surface area contributed by atoms with Crippen LogP contribution in [-0.2, 0) is 4.74 Å². The van der Waals surface area contributed by atoms with Crippen LogP contribution in [0.4, 0.5) is 0 Å². The largest absolute Gasteiger partial charge is 0.379 e. The summed E-state index contributed by atoms with van der Waals surface area (Å²) in [5.41, 5.74) is 0. The lowest BCUT2D eigenvalue weighted by molar-refractivity contribution is 0.0660. The highest BCUT2D eigenvalue weighted by atomic mass is 32.3. The maximum Gasteiger partial charge on any atom is 0.0604 e. The first kappa shape index (κ1) is 17.5. The van der Waals surface area contributed by atoms with Gasteiger partial charge in [0.05, 0.1) is 13.2 Å². The van der Waals surface area contributed by atoms with Crippen LogP contribution in [0.25, 0.3) is 0 Å². The van der Waals surface area contributed by atoms with Crippen molar-refractivity contribution in [2.75, 3.05) is 78.7 Å². The molecule has 0 bridgehead atoms. The molecule has 1 N–H and O–H groups in total. The van der Waals surface area contributed by atoms with Crippen LogP contribution in [0.1, 0.15) is 32.1 Å². The number of morpholine rings is 1. The summed E-state index contributed by atoms with van der Waals surface area (Å²) in [6, 6.07) is 0. The van der Waals surface area contributed by atoms with E-state index in [0.29, 0.717) is 0 Å². The lowest BCUT2D eigenvalue weighted by Crippen LogP contribution is -2.62. The molecule has 0 aromatic carbocycles. The Labute approximate surface area is 149 Å². The van der Waals surface area contributed by atoms with Gasteiger partial charge >= 0.3 is 0 Å². The molecule has 4 aliphatic heterocycles. The van der Waals surface area contributed by atoms with Crippen LogP contribution >= 0.6 is 10.8 Å². The molecule has 7 heteroatoms. The summed E-state index contributed by atoms with van der Waals surface area (Å²) in [7, 11) is -1.17. The van der Waals surface area contributed by atoms with Gasteiger partial charge in [0.1, 0.15) is 0 Å². The van der Waals surface area contributed by atoms with E-state index in [1.165, 1.54) is 71.4 Å². The molecular weight excluding hydrogens is 322 g/mol. The molecule has 4 saturated heterocycles. The molecule has 1 unspecified atom stereocenters. The third-order valence-corrected chi connectivity index (χ3v) is 10.0. The van der Waals surface area contributed by atoms with Crippen molar-refractivity contribution in [3.05, 3.63) is 0 Å². The Balaban J connectivity index is 1.70. The smallest absolute Gasteiger partial charge is 0.0604 e. The lowest BCUT2D eigenvalue weighted by atomic mass is 10.2. The van der Waals surface area contributed by atoms with Crippen molar-refractivity contribution in [2.45, 2.75) is 32.1 Å². The number of ether oxygens (including phenoxy) is 1. The van der Waals surface area contributed by atoms with Gasteiger partial charge in [-0.15, -0.1) is 0 Å². The monoisotopic (exact) mass is 357 g/mol. The summed E-state index contributed by atoms with van der Waals surface area (Å²) in [6.07, 6.45) is 6.91. The minimum atomic E-state index is -1.17. The Kier molecular flexibility index (Phi) is 5.99. The molecule has 1 atom stereocenters. The highest BCUT2D eigenvalue weighted by molar-refractivity contribution is 8.25. The van der Waals surface area contributed by atoms with Crippen molar-refractivity contribution in [3.8, 4) is 0 Å². The number of rotatable bonds is 4. The first-order valence-electron chi connectivity index (χ1n) is 10.0. The van der Waals surface area contributed by atoms with Gasteiger partial charge in [-0.3, -0.25) is 0 Å². The van der Waals surface area contributed by atoms with Crippen LogP contribution in [0.3, 0.4) is 0 Å². The minimum Gasteiger partial charge on any atom is -0.379 e. The summed E-state index contributed by atoms with van der Waals surface area (Å²) >= 11 is 0. The third-order valence-electron chi connectivity index (χ3n) is 5.81. The molecule has 0 aliphatic carbocycles. The van der Waals surface area contributed by atoms with Crippen LogP contribution in [-0.4, -0.2) is 95.9 Å².